The molecule has 0 radical (unpaired) electrons. The van der Waals surface area contributed by atoms with Gasteiger partial charge in [0.2, 0.25) is 0 Å². The van der Waals surface area contributed by atoms with Gasteiger partial charge in [0.15, 0.2) is 5.78 Å². The fraction of sp³-hybridized carbons (Fsp3) is 0.750. The highest BCUT2D eigenvalue weighted by Crippen LogP contribution is 2.45. The molecule has 1 heteroatoms. The second kappa shape index (κ2) is 2.97. The first-order valence-electron chi connectivity index (χ1n) is 5.37. The summed E-state index contributed by atoms with van der Waals surface area (Å²) in [5, 5.41) is 0. The van der Waals surface area contributed by atoms with Crippen molar-refractivity contribution < 1.29 is 4.79 Å². The van der Waals surface area contributed by atoms with Crippen LogP contribution in [-0.2, 0) is 4.79 Å². The van der Waals surface area contributed by atoms with Crippen molar-refractivity contribution in [3.05, 3.63) is 11.1 Å². The molecule has 0 fully saturated rings. The van der Waals surface area contributed by atoms with Crippen LogP contribution >= 0.6 is 0 Å². The number of Topliss-reactive ketones (excluding diaryl/α,β-unsaturated/α-hetero) is 1. The van der Waals surface area contributed by atoms with Gasteiger partial charge in [-0.2, -0.15) is 0 Å². The molecule has 2 rings (SSSR count). The molecular formula is C12H18O. The lowest BCUT2D eigenvalue weighted by atomic mass is 9.83. The van der Waals surface area contributed by atoms with Gasteiger partial charge in [0.1, 0.15) is 0 Å². The molecule has 2 aliphatic carbocycles. The van der Waals surface area contributed by atoms with Crippen LogP contribution in [0.4, 0.5) is 0 Å². The van der Waals surface area contributed by atoms with Gasteiger partial charge in [0, 0.05) is 6.42 Å². The van der Waals surface area contributed by atoms with Gasteiger partial charge in [-0.3, -0.25) is 4.79 Å². The maximum Gasteiger partial charge on any atom is 0.159 e. The van der Waals surface area contributed by atoms with Crippen LogP contribution in [0.2, 0.25) is 0 Å². The summed E-state index contributed by atoms with van der Waals surface area (Å²) in [5.74, 6) is 0.432. The predicted octanol–water partition coefficient (Wildman–Crippen LogP) is 3.25. The molecule has 0 bridgehead atoms. The molecule has 0 aromatic carbocycles. The van der Waals surface area contributed by atoms with Crippen LogP contribution in [0.5, 0.6) is 0 Å². The number of allylic oxidation sites excluding steroid dienone is 2. The lowest BCUT2D eigenvalue weighted by Crippen LogP contribution is -2.11. The molecule has 72 valence electrons. The van der Waals surface area contributed by atoms with E-state index in [9.17, 15) is 4.79 Å². The van der Waals surface area contributed by atoms with Crippen molar-refractivity contribution in [2.75, 3.05) is 0 Å². The summed E-state index contributed by atoms with van der Waals surface area (Å²) in [6, 6.07) is 0. The van der Waals surface area contributed by atoms with E-state index in [0.29, 0.717) is 5.78 Å². The first-order valence-corrected chi connectivity index (χ1v) is 5.37. The van der Waals surface area contributed by atoms with E-state index >= 15 is 0 Å². The Balaban J connectivity index is 2.36. The van der Waals surface area contributed by atoms with E-state index in [-0.39, 0.29) is 5.41 Å². The average molecular weight is 178 g/mol. The second-order valence-electron chi connectivity index (χ2n) is 5.00. The topological polar surface area (TPSA) is 17.1 Å². The molecule has 13 heavy (non-hydrogen) atoms. The quantitative estimate of drug-likeness (QED) is 0.556. The number of hydrogen-bond acceptors (Lipinski definition) is 1. The molecule has 0 amide bonds. The van der Waals surface area contributed by atoms with Gasteiger partial charge in [-0.25, -0.2) is 0 Å². The van der Waals surface area contributed by atoms with Gasteiger partial charge in [-0.15, -0.1) is 0 Å². The molecule has 0 aromatic heterocycles. The van der Waals surface area contributed by atoms with Crippen molar-refractivity contribution in [1.29, 1.82) is 0 Å². The van der Waals surface area contributed by atoms with Crippen LogP contribution < -0.4 is 0 Å². The molecule has 0 saturated carbocycles. The summed E-state index contributed by atoms with van der Waals surface area (Å²) in [6.07, 6.45) is 6.80. The standard InChI is InChI=1S/C12H18O/c1-12(2)8-11(13)9-6-4-3-5-7-10(9)12/h3-8H2,1-2H3. The highest BCUT2D eigenvalue weighted by Gasteiger charge is 2.37. The predicted molar refractivity (Wildman–Crippen MR) is 53.5 cm³/mol. The highest BCUT2D eigenvalue weighted by molar-refractivity contribution is 5.99. The van der Waals surface area contributed by atoms with Crippen LogP contribution in [0.3, 0.4) is 0 Å². The maximum absolute atomic E-state index is 11.7. The number of carbonyl (C=O) groups is 1. The molecule has 0 unspecified atom stereocenters. The van der Waals surface area contributed by atoms with Crippen molar-refractivity contribution in [1.82, 2.24) is 0 Å². The largest absolute Gasteiger partial charge is 0.295 e. The number of carbonyl (C=O) groups excluding carboxylic acids is 1. The molecule has 0 N–H and O–H groups in total. The molecule has 0 aromatic rings. The second-order valence-corrected chi connectivity index (χ2v) is 5.00. The summed E-state index contributed by atoms with van der Waals surface area (Å²) < 4.78 is 0. The van der Waals surface area contributed by atoms with Crippen LogP contribution in [0.1, 0.15) is 52.4 Å². The van der Waals surface area contributed by atoms with Crippen LogP contribution in [-0.4, -0.2) is 5.78 Å². The van der Waals surface area contributed by atoms with E-state index in [1.54, 1.807) is 0 Å². The number of hydrogen-bond donors (Lipinski definition) is 0. The smallest absolute Gasteiger partial charge is 0.159 e. The Morgan fingerprint density at radius 3 is 2.54 bits per heavy atom. The normalized spacial score (nSPS) is 27.4. The Morgan fingerprint density at radius 2 is 1.77 bits per heavy atom. The van der Waals surface area contributed by atoms with E-state index in [0.717, 1.165) is 12.8 Å². The van der Waals surface area contributed by atoms with Crippen molar-refractivity contribution in [2.24, 2.45) is 5.41 Å². The minimum Gasteiger partial charge on any atom is -0.295 e. The zero-order chi connectivity index (χ0) is 9.47. The Hall–Kier alpha value is -0.590. The highest BCUT2D eigenvalue weighted by atomic mass is 16.1. The Morgan fingerprint density at radius 1 is 1.08 bits per heavy atom. The van der Waals surface area contributed by atoms with Crippen molar-refractivity contribution >= 4 is 5.78 Å². The first kappa shape index (κ1) is 8.98. The summed E-state index contributed by atoms with van der Waals surface area (Å²) in [7, 11) is 0. The van der Waals surface area contributed by atoms with Crippen LogP contribution in [0, 0.1) is 5.41 Å². The molecule has 0 aliphatic heterocycles. The van der Waals surface area contributed by atoms with Crippen molar-refractivity contribution in [3.8, 4) is 0 Å². The lowest BCUT2D eigenvalue weighted by molar-refractivity contribution is -0.116. The van der Waals surface area contributed by atoms with E-state index < -0.39 is 0 Å². The number of ketones is 1. The molecular weight excluding hydrogens is 160 g/mol. The first-order chi connectivity index (χ1) is 6.11. The molecule has 0 atom stereocenters. The fourth-order valence-corrected chi connectivity index (χ4v) is 2.75. The van der Waals surface area contributed by atoms with Gasteiger partial charge in [-0.1, -0.05) is 25.8 Å². The minimum absolute atomic E-state index is 0.177. The van der Waals surface area contributed by atoms with Crippen LogP contribution in [0.25, 0.3) is 0 Å². The summed E-state index contributed by atoms with van der Waals surface area (Å²) in [6.45, 7) is 4.44. The zero-order valence-electron chi connectivity index (χ0n) is 8.65. The minimum atomic E-state index is 0.177. The third kappa shape index (κ3) is 1.45. The Bertz CT molecular complexity index is 271. The van der Waals surface area contributed by atoms with Gasteiger partial charge in [0.05, 0.1) is 0 Å². The monoisotopic (exact) mass is 178 g/mol. The van der Waals surface area contributed by atoms with E-state index in [1.807, 2.05) is 0 Å². The van der Waals surface area contributed by atoms with Gasteiger partial charge in [0.25, 0.3) is 0 Å². The van der Waals surface area contributed by atoms with Crippen molar-refractivity contribution in [3.63, 3.8) is 0 Å². The molecule has 0 heterocycles. The number of rotatable bonds is 0. The summed E-state index contributed by atoms with van der Waals surface area (Å²) in [5.41, 5.74) is 2.86. The van der Waals surface area contributed by atoms with Gasteiger partial charge in [-0.05, 0) is 36.7 Å². The Kier molecular flexibility index (Phi) is 2.05. The molecule has 2 aliphatic rings. The molecule has 0 saturated heterocycles. The third-order valence-electron chi connectivity index (χ3n) is 3.47. The lowest BCUT2D eigenvalue weighted by Gasteiger charge is -2.21. The maximum atomic E-state index is 11.7. The summed E-state index contributed by atoms with van der Waals surface area (Å²) in [4.78, 5) is 11.7. The molecule has 0 spiro atoms. The van der Waals surface area contributed by atoms with Crippen molar-refractivity contribution in [2.45, 2.75) is 52.4 Å². The van der Waals surface area contributed by atoms with E-state index in [4.69, 9.17) is 0 Å². The third-order valence-corrected chi connectivity index (χ3v) is 3.47. The van der Waals surface area contributed by atoms with E-state index in [2.05, 4.69) is 13.8 Å². The van der Waals surface area contributed by atoms with Gasteiger partial charge >= 0.3 is 0 Å². The fourth-order valence-electron chi connectivity index (χ4n) is 2.75. The summed E-state index contributed by atoms with van der Waals surface area (Å²) >= 11 is 0. The SMILES string of the molecule is CC1(C)CC(=O)C2=C1CCCCC2. The Labute approximate surface area is 80.2 Å². The van der Waals surface area contributed by atoms with Gasteiger partial charge < -0.3 is 0 Å². The van der Waals surface area contributed by atoms with E-state index in [1.165, 1.54) is 36.8 Å². The molecule has 1 nitrogen and oxygen atoms in total. The average Bonchev–Trinajstić information content (AvgIpc) is 2.28. The zero-order valence-corrected chi connectivity index (χ0v) is 8.65. The van der Waals surface area contributed by atoms with Crippen LogP contribution in [0.15, 0.2) is 11.1 Å².